The van der Waals surface area contributed by atoms with Gasteiger partial charge in [-0.2, -0.15) is 0 Å². The maximum absolute atomic E-state index is 12.2. The van der Waals surface area contributed by atoms with E-state index >= 15 is 0 Å². The second-order valence-electron chi connectivity index (χ2n) is 5.68. The predicted molar refractivity (Wildman–Crippen MR) is 87.0 cm³/mol. The van der Waals surface area contributed by atoms with E-state index in [0.29, 0.717) is 6.42 Å². The molecule has 2 nitrogen and oxygen atoms in total. The molecule has 1 heterocycles. The Morgan fingerprint density at radius 3 is 2.19 bits per heavy atom. The van der Waals surface area contributed by atoms with Gasteiger partial charge in [0.2, 0.25) is 0 Å². The van der Waals surface area contributed by atoms with Gasteiger partial charge in [0.15, 0.2) is 5.78 Å². The second-order valence-corrected chi connectivity index (χ2v) is 5.68. The van der Waals surface area contributed by atoms with Gasteiger partial charge in [0.25, 0.3) is 0 Å². The fourth-order valence-corrected chi connectivity index (χ4v) is 2.89. The third-order valence-electron chi connectivity index (χ3n) is 4.12. The van der Waals surface area contributed by atoms with Crippen LogP contribution < -0.4 is 4.90 Å². The summed E-state index contributed by atoms with van der Waals surface area (Å²) >= 11 is 0. The van der Waals surface area contributed by atoms with Crippen LogP contribution in [0, 0.1) is 0 Å². The molecule has 2 heteroatoms. The summed E-state index contributed by atoms with van der Waals surface area (Å²) in [4.78, 5) is 14.6. The summed E-state index contributed by atoms with van der Waals surface area (Å²) in [6, 6.07) is 18.0. The third kappa shape index (κ3) is 3.52. The lowest BCUT2D eigenvalue weighted by molar-refractivity contribution is 0.0993. The Labute approximate surface area is 126 Å². The van der Waals surface area contributed by atoms with Gasteiger partial charge in [0.1, 0.15) is 0 Å². The molecule has 0 aromatic heterocycles. The molecular weight excluding hydrogens is 258 g/mol. The Kier molecular flexibility index (Phi) is 4.34. The zero-order valence-electron chi connectivity index (χ0n) is 12.3. The summed E-state index contributed by atoms with van der Waals surface area (Å²) in [7, 11) is 0. The Morgan fingerprint density at radius 1 is 0.857 bits per heavy atom. The van der Waals surface area contributed by atoms with Gasteiger partial charge < -0.3 is 4.90 Å². The first-order valence-corrected chi connectivity index (χ1v) is 7.75. The van der Waals surface area contributed by atoms with Crippen molar-refractivity contribution in [3.63, 3.8) is 0 Å². The molecular formula is C19H21NO. The molecule has 0 spiro atoms. The second kappa shape index (κ2) is 6.57. The zero-order valence-corrected chi connectivity index (χ0v) is 12.3. The fourth-order valence-electron chi connectivity index (χ4n) is 2.89. The molecule has 2 aromatic rings. The molecule has 0 unspecified atom stereocenters. The van der Waals surface area contributed by atoms with Gasteiger partial charge in [-0.15, -0.1) is 0 Å². The Hall–Kier alpha value is -2.09. The predicted octanol–water partition coefficient (Wildman–Crippen LogP) is 4.10. The molecule has 1 aliphatic rings. The summed E-state index contributed by atoms with van der Waals surface area (Å²) in [5, 5.41) is 0. The third-order valence-corrected chi connectivity index (χ3v) is 4.12. The van der Waals surface area contributed by atoms with Gasteiger partial charge >= 0.3 is 0 Å². The topological polar surface area (TPSA) is 20.3 Å². The van der Waals surface area contributed by atoms with Gasteiger partial charge in [-0.05, 0) is 37.0 Å². The minimum atomic E-state index is 0.182. The van der Waals surface area contributed by atoms with Crippen LogP contribution in [0.1, 0.15) is 35.2 Å². The summed E-state index contributed by atoms with van der Waals surface area (Å²) in [5.74, 6) is 0.182. The standard InChI is InChI=1S/C19H21NO/c21-19(17-7-3-1-4-8-17)15-16-9-11-18(12-10-16)20-13-5-2-6-14-20/h1,3-4,7-12H,2,5-6,13-15H2. The molecule has 1 saturated heterocycles. The molecule has 0 bridgehead atoms. The van der Waals surface area contributed by atoms with E-state index in [1.54, 1.807) is 0 Å². The van der Waals surface area contributed by atoms with E-state index in [2.05, 4.69) is 29.2 Å². The first kappa shape index (κ1) is 13.9. The summed E-state index contributed by atoms with van der Waals surface area (Å²) in [6.45, 7) is 2.31. The van der Waals surface area contributed by atoms with Crippen LogP contribution in [-0.2, 0) is 6.42 Å². The Morgan fingerprint density at radius 2 is 1.52 bits per heavy atom. The smallest absolute Gasteiger partial charge is 0.167 e. The Bertz CT molecular complexity index is 583. The summed E-state index contributed by atoms with van der Waals surface area (Å²) in [5.41, 5.74) is 3.16. The zero-order chi connectivity index (χ0) is 14.5. The van der Waals surface area contributed by atoms with Gasteiger partial charge in [-0.3, -0.25) is 4.79 Å². The lowest BCUT2D eigenvalue weighted by Gasteiger charge is -2.28. The van der Waals surface area contributed by atoms with Crippen LogP contribution in [0.5, 0.6) is 0 Å². The first-order valence-electron chi connectivity index (χ1n) is 7.75. The number of hydrogen-bond donors (Lipinski definition) is 0. The van der Waals surface area contributed by atoms with Crippen molar-refractivity contribution in [1.29, 1.82) is 0 Å². The molecule has 0 atom stereocenters. The van der Waals surface area contributed by atoms with Crippen molar-refractivity contribution >= 4 is 11.5 Å². The molecule has 2 aromatic carbocycles. The van der Waals surface area contributed by atoms with Crippen LogP contribution >= 0.6 is 0 Å². The molecule has 0 N–H and O–H groups in total. The maximum Gasteiger partial charge on any atom is 0.167 e. The van der Waals surface area contributed by atoms with E-state index in [-0.39, 0.29) is 5.78 Å². The number of benzene rings is 2. The number of piperidine rings is 1. The van der Waals surface area contributed by atoms with Crippen molar-refractivity contribution in [3.05, 3.63) is 65.7 Å². The monoisotopic (exact) mass is 279 g/mol. The minimum absolute atomic E-state index is 0.182. The first-order chi connectivity index (χ1) is 10.3. The number of carbonyl (C=O) groups is 1. The highest BCUT2D eigenvalue weighted by Crippen LogP contribution is 2.20. The largest absolute Gasteiger partial charge is 0.372 e. The number of Topliss-reactive ketones (excluding diaryl/α,β-unsaturated/α-hetero) is 1. The molecule has 0 saturated carbocycles. The van der Waals surface area contributed by atoms with Crippen molar-refractivity contribution < 1.29 is 4.79 Å². The number of ketones is 1. The maximum atomic E-state index is 12.2. The molecule has 108 valence electrons. The van der Waals surface area contributed by atoms with Gasteiger partial charge in [-0.1, -0.05) is 42.5 Å². The highest BCUT2D eigenvalue weighted by molar-refractivity contribution is 5.97. The van der Waals surface area contributed by atoms with Crippen molar-refractivity contribution in [2.45, 2.75) is 25.7 Å². The lowest BCUT2D eigenvalue weighted by Crippen LogP contribution is -2.29. The van der Waals surface area contributed by atoms with E-state index < -0.39 is 0 Å². The van der Waals surface area contributed by atoms with E-state index in [0.717, 1.165) is 24.2 Å². The highest BCUT2D eigenvalue weighted by atomic mass is 16.1. The Balaban J connectivity index is 1.65. The van der Waals surface area contributed by atoms with Gasteiger partial charge in [0.05, 0.1) is 0 Å². The molecule has 21 heavy (non-hydrogen) atoms. The van der Waals surface area contributed by atoms with Crippen LogP contribution in [0.15, 0.2) is 54.6 Å². The van der Waals surface area contributed by atoms with Crippen molar-refractivity contribution in [3.8, 4) is 0 Å². The van der Waals surface area contributed by atoms with E-state index in [4.69, 9.17) is 0 Å². The van der Waals surface area contributed by atoms with Gasteiger partial charge in [0, 0.05) is 30.8 Å². The lowest BCUT2D eigenvalue weighted by atomic mass is 10.0. The molecule has 3 rings (SSSR count). The number of rotatable bonds is 4. The van der Waals surface area contributed by atoms with Crippen molar-refractivity contribution in [2.24, 2.45) is 0 Å². The van der Waals surface area contributed by atoms with Crippen LogP contribution in [0.4, 0.5) is 5.69 Å². The minimum Gasteiger partial charge on any atom is -0.372 e. The van der Waals surface area contributed by atoms with E-state index in [9.17, 15) is 4.79 Å². The van der Waals surface area contributed by atoms with E-state index in [1.807, 2.05) is 30.3 Å². The molecule has 0 amide bonds. The van der Waals surface area contributed by atoms with Crippen LogP contribution in [0.3, 0.4) is 0 Å². The number of carbonyl (C=O) groups excluding carboxylic acids is 1. The normalized spacial score (nSPS) is 15.0. The van der Waals surface area contributed by atoms with Gasteiger partial charge in [-0.25, -0.2) is 0 Å². The SMILES string of the molecule is O=C(Cc1ccc(N2CCCCC2)cc1)c1ccccc1. The number of nitrogens with zero attached hydrogens (tertiary/aromatic N) is 1. The fraction of sp³-hybridized carbons (Fsp3) is 0.316. The van der Waals surface area contributed by atoms with Crippen molar-refractivity contribution in [1.82, 2.24) is 0 Å². The molecule has 0 aliphatic carbocycles. The summed E-state index contributed by atoms with van der Waals surface area (Å²) < 4.78 is 0. The molecule has 1 aliphatic heterocycles. The number of anilines is 1. The van der Waals surface area contributed by atoms with Crippen LogP contribution in [0.2, 0.25) is 0 Å². The summed E-state index contributed by atoms with van der Waals surface area (Å²) in [6.07, 6.45) is 4.40. The molecule has 0 radical (unpaired) electrons. The average molecular weight is 279 g/mol. The average Bonchev–Trinajstić information content (AvgIpc) is 2.57. The van der Waals surface area contributed by atoms with Crippen LogP contribution in [0.25, 0.3) is 0 Å². The van der Waals surface area contributed by atoms with E-state index in [1.165, 1.54) is 24.9 Å². The van der Waals surface area contributed by atoms with Crippen LogP contribution in [-0.4, -0.2) is 18.9 Å². The number of hydrogen-bond acceptors (Lipinski definition) is 2. The van der Waals surface area contributed by atoms with Crippen molar-refractivity contribution in [2.75, 3.05) is 18.0 Å². The highest BCUT2D eigenvalue weighted by Gasteiger charge is 2.11. The quantitative estimate of drug-likeness (QED) is 0.785. The molecule has 1 fully saturated rings.